The molecule has 0 aromatic heterocycles. The lowest BCUT2D eigenvalue weighted by Crippen LogP contribution is -2.41. The number of benzene rings is 1. The van der Waals surface area contributed by atoms with Crippen LogP contribution in [0.15, 0.2) is 18.2 Å². The summed E-state index contributed by atoms with van der Waals surface area (Å²) in [6.07, 6.45) is 5.26. The molecule has 0 unspecified atom stereocenters. The summed E-state index contributed by atoms with van der Waals surface area (Å²) in [7, 11) is 1.64. The molecule has 1 spiro atoms. The fraction of sp³-hybridized carbons (Fsp3) is 0.650. The highest BCUT2D eigenvalue weighted by molar-refractivity contribution is 5.43. The lowest BCUT2D eigenvalue weighted by Gasteiger charge is -2.35. The normalized spacial score (nSPS) is 19.4. The summed E-state index contributed by atoms with van der Waals surface area (Å²) >= 11 is 0. The first-order valence-corrected chi connectivity index (χ1v) is 9.43. The number of nitriles is 1. The van der Waals surface area contributed by atoms with Crippen molar-refractivity contribution in [2.24, 2.45) is 0 Å². The van der Waals surface area contributed by atoms with Crippen molar-refractivity contribution in [3.63, 3.8) is 0 Å². The van der Waals surface area contributed by atoms with Crippen LogP contribution in [0.25, 0.3) is 0 Å². The molecule has 1 aliphatic carbocycles. The van der Waals surface area contributed by atoms with Crippen molar-refractivity contribution in [1.29, 1.82) is 5.26 Å². The Kier molecular flexibility index (Phi) is 6.73. The predicted molar refractivity (Wildman–Crippen MR) is 97.1 cm³/mol. The van der Waals surface area contributed by atoms with E-state index in [-0.39, 0.29) is 5.79 Å². The van der Waals surface area contributed by atoms with Crippen molar-refractivity contribution in [1.82, 2.24) is 5.32 Å². The van der Waals surface area contributed by atoms with Gasteiger partial charge in [0.1, 0.15) is 0 Å². The van der Waals surface area contributed by atoms with Crippen molar-refractivity contribution in [2.45, 2.75) is 56.9 Å². The van der Waals surface area contributed by atoms with Gasteiger partial charge in [0.25, 0.3) is 0 Å². The van der Waals surface area contributed by atoms with Gasteiger partial charge in [-0.2, -0.15) is 5.26 Å². The minimum atomic E-state index is -0.303. The standard InChI is InChI=1S/C20H28N2O4/c1-23-18-5-4-16(14-19(18)24-11-3-2-10-21)15-22-17-6-8-20(9-7-17)25-12-13-26-20/h4-5,14,17,22H,2-3,6-9,11-13,15H2,1H3. The number of nitrogens with zero attached hydrogens (tertiary/aromatic N) is 1. The second-order valence-electron chi connectivity index (χ2n) is 6.86. The van der Waals surface area contributed by atoms with Crippen LogP contribution in [0, 0.1) is 11.3 Å². The zero-order valence-corrected chi connectivity index (χ0v) is 15.5. The molecule has 6 nitrogen and oxygen atoms in total. The van der Waals surface area contributed by atoms with E-state index in [1.807, 2.05) is 12.1 Å². The summed E-state index contributed by atoms with van der Waals surface area (Å²) in [4.78, 5) is 0. The molecule has 26 heavy (non-hydrogen) atoms. The van der Waals surface area contributed by atoms with E-state index in [1.54, 1.807) is 7.11 Å². The van der Waals surface area contributed by atoms with E-state index in [4.69, 9.17) is 24.2 Å². The van der Waals surface area contributed by atoms with Gasteiger partial charge in [-0.15, -0.1) is 0 Å². The van der Waals surface area contributed by atoms with E-state index in [2.05, 4.69) is 17.5 Å². The zero-order valence-electron chi connectivity index (χ0n) is 15.5. The van der Waals surface area contributed by atoms with E-state index >= 15 is 0 Å². The Morgan fingerprint density at radius 2 is 2.00 bits per heavy atom. The van der Waals surface area contributed by atoms with Crippen LogP contribution in [0.4, 0.5) is 0 Å². The van der Waals surface area contributed by atoms with E-state index in [9.17, 15) is 0 Å². The molecule has 1 heterocycles. The van der Waals surface area contributed by atoms with Crippen LogP contribution in [0.2, 0.25) is 0 Å². The molecule has 1 aromatic carbocycles. The number of rotatable bonds is 8. The molecule has 142 valence electrons. The van der Waals surface area contributed by atoms with Gasteiger partial charge in [0.2, 0.25) is 0 Å². The molecule has 1 saturated carbocycles. The molecule has 1 aliphatic heterocycles. The van der Waals surface area contributed by atoms with E-state index in [0.29, 0.717) is 19.1 Å². The third-order valence-electron chi connectivity index (χ3n) is 5.07. The summed E-state index contributed by atoms with van der Waals surface area (Å²) in [6, 6.07) is 8.63. The second kappa shape index (κ2) is 9.22. The maximum Gasteiger partial charge on any atom is 0.168 e. The number of unbranched alkanes of at least 4 members (excludes halogenated alkanes) is 1. The lowest BCUT2D eigenvalue weighted by atomic mass is 9.90. The van der Waals surface area contributed by atoms with E-state index < -0.39 is 0 Å². The number of hydrogen-bond acceptors (Lipinski definition) is 6. The maximum absolute atomic E-state index is 8.62. The smallest absolute Gasteiger partial charge is 0.168 e. The van der Waals surface area contributed by atoms with Gasteiger partial charge in [-0.25, -0.2) is 0 Å². The van der Waals surface area contributed by atoms with E-state index in [0.717, 1.165) is 68.9 Å². The SMILES string of the molecule is COc1ccc(CNC2CCC3(CC2)OCCO3)cc1OCCCC#N. The third kappa shape index (κ3) is 4.88. The first-order valence-electron chi connectivity index (χ1n) is 9.43. The molecule has 0 bridgehead atoms. The molecule has 2 fully saturated rings. The van der Waals surface area contributed by atoms with Crippen molar-refractivity contribution >= 4 is 0 Å². The monoisotopic (exact) mass is 360 g/mol. The second-order valence-corrected chi connectivity index (χ2v) is 6.86. The Balaban J connectivity index is 1.49. The number of methoxy groups -OCH3 is 1. The Morgan fingerprint density at radius 3 is 2.69 bits per heavy atom. The summed E-state index contributed by atoms with van der Waals surface area (Å²) in [5.74, 6) is 1.16. The first kappa shape index (κ1) is 19.0. The Labute approximate surface area is 155 Å². The lowest BCUT2D eigenvalue weighted by molar-refractivity contribution is -0.179. The molecular formula is C20H28N2O4. The summed E-state index contributed by atoms with van der Waals surface area (Å²) in [6.45, 7) is 2.76. The fourth-order valence-electron chi connectivity index (χ4n) is 3.59. The van der Waals surface area contributed by atoms with Crippen LogP contribution in [-0.2, 0) is 16.0 Å². The first-order chi connectivity index (χ1) is 12.7. The molecule has 0 amide bonds. The summed E-state index contributed by atoms with van der Waals surface area (Å²) in [5.41, 5.74) is 1.16. The van der Waals surface area contributed by atoms with Crippen LogP contribution in [0.5, 0.6) is 11.5 Å². The van der Waals surface area contributed by atoms with Gasteiger partial charge in [0.15, 0.2) is 17.3 Å². The highest BCUT2D eigenvalue weighted by atomic mass is 16.7. The molecule has 2 aliphatic rings. The Hall–Kier alpha value is -1.81. The molecule has 0 atom stereocenters. The van der Waals surface area contributed by atoms with Crippen molar-refractivity contribution in [3.05, 3.63) is 23.8 Å². The number of nitrogens with one attached hydrogen (secondary N) is 1. The fourth-order valence-corrected chi connectivity index (χ4v) is 3.59. The largest absolute Gasteiger partial charge is 0.493 e. The molecule has 1 aromatic rings. The van der Waals surface area contributed by atoms with Gasteiger partial charge in [-0.3, -0.25) is 0 Å². The maximum atomic E-state index is 8.62. The van der Waals surface area contributed by atoms with Crippen LogP contribution in [0.1, 0.15) is 44.1 Å². The van der Waals surface area contributed by atoms with Gasteiger partial charge in [0, 0.05) is 31.8 Å². The number of ether oxygens (including phenoxy) is 4. The summed E-state index contributed by atoms with van der Waals surface area (Å²) < 4.78 is 22.7. The molecular weight excluding hydrogens is 332 g/mol. The Bertz CT molecular complexity index is 613. The van der Waals surface area contributed by atoms with Gasteiger partial charge in [-0.1, -0.05) is 6.07 Å². The Morgan fingerprint density at radius 1 is 1.23 bits per heavy atom. The molecule has 0 radical (unpaired) electrons. The highest BCUT2D eigenvalue weighted by Crippen LogP contribution is 2.36. The summed E-state index contributed by atoms with van der Waals surface area (Å²) in [5, 5.41) is 12.3. The quantitative estimate of drug-likeness (QED) is 0.718. The minimum absolute atomic E-state index is 0.303. The molecule has 6 heteroatoms. The van der Waals surface area contributed by atoms with Gasteiger partial charge < -0.3 is 24.3 Å². The van der Waals surface area contributed by atoms with Gasteiger partial charge >= 0.3 is 0 Å². The molecule has 3 rings (SSSR count). The predicted octanol–water partition coefficient (Wildman–Crippen LogP) is 3.15. The topological polar surface area (TPSA) is 72.7 Å². The van der Waals surface area contributed by atoms with Gasteiger partial charge in [-0.05, 0) is 37.0 Å². The van der Waals surface area contributed by atoms with Crippen molar-refractivity contribution in [3.8, 4) is 17.6 Å². The minimum Gasteiger partial charge on any atom is -0.493 e. The van der Waals surface area contributed by atoms with Crippen LogP contribution in [-0.4, -0.2) is 38.8 Å². The van der Waals surface area contributed by atoms with E-state index in [1.165, 1.54) is 0 Å². The average molecular weight is 360 g/mol. The van der Waals surface area contributed by atoms with Crippen molar-refractivity contribution < 1.29 is 18.9 Å². The highest BCUT2D eigenvalue weighted by Gasteiger charge is 2.40. The van der Waals surface area contributed by atoms with Crippen LogP contribution in [0.3, 0.4) is 0 Å². The number of hydrogen-bond donors (Lipinski definition) is 1. The molecule has 1 N–H and O–H groups in total. The zero-order chi connectivity index (χ0) is 18.2. The van der Waals surface area contributed by atoms with Gasteiger partial charge in [0.05, 0.1) is 33.0 Å². The third-order valence-corrected chi connectivity index (χ3v) is 5.07. The average Bonchev–Trinajstić information content (AvgIpc) is 3.13. The van der Waals surface area contributed by atoms with Crippen LogP contribution < -0.4 is 14.8 Å². The van der Waals surface area contributed by atoms with Crippen molar-refractivity contribution in [2.75, 3.05) is 26.9 Å². The van der Waals surface area contributed by atoms with Crippen LogP contribution >= 0.6 is 0 Å². The molecule has 1 saturated heterocycles.